The molecule has 7 heteroatoms. The minimum absolute atomic E-state index is 0. The van der Waals surface area contributed by atoms with E-state index >= 15 is 0 Å². The molecule has 6 nitrogen and oxygen atoms in total. The molecule has 1 aliphatic heterocycles. The van der Waals surface area contributed by atoms with E-state index in [1.54, 1.807) is 0 Å². The zero-order valence-corrected chi connectivity index (χ0v) is 13.6. The third-order valence-electron chi connectivity index (χ3n) is 4.15. The smallest absolute Gasteiger partial charge is 0.264 e. The largest absolute Gasteiger partial charge is 0.484 e. The molecule has 0 amide bonds. The van der Waals surface area contributed by atoms with Crippen LogP contribution >= 0.6 is 12.4 Å². The Kier molecular flexibility index (Phi) is 5.15. The lowest BCUT2D eigenvalue weighted by atomic mass is 10.1. The molecule has 0 spiro atoms. The van der Waals surface area contributed by atoms with Crippen molar-refractivity contribution in [1.82, 2.24) is 15.5 Å². The maximum absolute atomic E-state index is 5.77. The van der Waals surface area contributed by atoms with E-state index in [0.29, 0.717) is 24.9 Å². The van der Waals surface area contributed by atoms with Crippen molar-refractivity contribution in [3.8, 4) is 5.75 Å². The Morgan fingerprint density at radius 2 is 2.17 bits per heavy atom. The van der Waals surface area contributed by atoms with Gasteiger partial charge in [0.05, 0.1) is 19.3 Å². The number of hydrogen-bond donors (Lipinski definition) is 1. The summed E-state index contributed by atoms with van der Waals surface area (Å²) in [5, 5.41) is 7.30. The van der Waals surface area contributed by atoms with Crippen LogP contribution in [0.25, 0.3) is 0 Å². The summed E-state index contributed by atoms with van der Waals surface area (Å²) in [5.74, 6) is 1.98. The SMILES string of the molecule is Cl.c1cc2c(cc1OCc1nc(C3COCCN3)no1)CCC2. The molecule has 1 aromatic carbocycles. The molecule has 1 aromatic heterocycles. The molecule has 4 rings (SSSR count). The first-order chi connectivity index (χ1) is 10.9. The zero-order valence-electron chi connectivity index (χ0n) is 12.8. The van der Waals surface area contributed by atoms with Crippen LogP contribution in [0.4, 0.5) is 0 Å². The van der Waals surface area contributed by atoms with Crippen molar-refractivity contribution >= 4 is 12.4 Å². The van der Waals surface area contributed by atoms with Gasteiger partial charge in [0.25, 0.3) is 5.89 Å². The van der Waals surface area contributed by atoms with Crippen LogP contribution < -0.4 is 10.1 Å². The molecule has 1 fully saturated rings. The average Bonchev–Trinajstić information content (AvgIpc) is 3.22. The molecular formula is C16H20ClN3O3. The summed E-state index contributed by atoms with van der Waals surface area (Å²) >= 11 is 0. The number of rotatable bonds is 4. The first-order valence-electron chi connectivity index (χ1n) is 7.77. The summed E-state index contributed by atoms with van der Waals surface area (Å²) in [6.45, 7) is 2.40. The van der Waals surface area contributed by atoms with Gasteiger partial charge in [0.15, 0.2) is 12.4 Å². The topological polar surface area (TPSA) is 69.4 Å². The number of aryl methyl sites for hydroxylation is 2. The average molecular weight is 338 g/mol. The Hall–Kier alpha value is -1.63. The van der Waals surface area contributed by atoms with Crippen molar-refractivity contribution in [2.75, 3.05) is 19.8 Å². The minimum Gasteiger partial charge on any atom is -0.484 e. The predicted octanol–water partition coefficient (Wildman–Crippen LogP) is 2.22. The molecule has 0 radical (unpaired) electrons. The number of fused-ring (bicyclic) bond motifs is 1. The van der Waals surface area contributed by atoms with Crippen molar-refractivity contribution in [3.63, 3.8) is 0 Å². The molecule has 2 heterocycles. The second kappa shape index (κ2) is 7.29. The molecule has 1 N–H and O–H groups in total. The summed E-state index contributed by atoms with van der Waals surface area (Å²) in [5.41, 5.74) is 2.84. The Morgan fingerprint density at radius 3 is 3.04 bits per heavy atom. The first kappa shape index (κ1) is 16.2. The quantitative estimate of drug-likeness (QED) is 0.922. The van der Waals surface area contributed by atoms with Crippen molar-refractivity contribution in [2.24, 2.45) is 0 Å². The minimum atomic E-state index is 0. The van der Waals surface area contributed by atoms with E-state index in [-0.39, 0.29) is 18.4 Å². The van der Waals surface area contributed by atoms with E-state index in [9.17, 15) is 0 Å². The molecule has 1 saturated heterocycles. The lowest BCUT2D eigenvalue weighted by Gasteiger charge is -2.20. The summed E-state index contributed by atoms with van der Waals surface area (Å²) in [6.07, 6.45) is 3.56. The number of aromatic nitrogens is 2. The van der Waals surface area contributed by atoms with Crippen LogP contribution in [0.2, 0.25) is 0 Å². The summed E-state index contributed by atoms with van der Waals surface area (Å²) in [6, 6.07) is 6.29. The molecular weight excluding hydrogens is 318 g/mol. The molecule has 1 unspecified atom stereocenters. The van der Waals surface area contributed by atoms with E-state index in [2.05, 4.69) is 27.6 Å². The van der Waals surface area contributed by atoms with Gasteiger partial charge >= 0.3 is 0 Å². The number of nitrogens with zero attached hydrogens (tertiary/aromatic N) is 2. The molecule has 0 bridgehead atoms. The molecule has 1 aliphatic carbocycles. The zero-order chi connectivity index (χ0) is 14.8. The van der Waals surface area contributed by atoms with Gasteiger partial charge in [-0.05, 0) is 42.5 Å². The van der Waals surface area contributed by atoms with Crippen molar-refractivity contribution in [2.45, 2.75) is 31.9 Å². The fraction of sp³-hybridized carbons (Fsp3) is 0.500. The normalized spacial score (nSPS) is 19.9. The van der Waals surface area contributed by atoms with E-state index < -0.39 is 0 Å². The summed E-state index contributed by atoms with van der Waals surface area (Å²) in [7, 11) is 0. The Balaban J connectivity index is 0.00000156. The number of morpholine rings is 1. The standard InChI is InChI=1S/C16H19N3O3.ClH/c1-2-11-4-5-13(8-12(11)3-1)21-10-15-18-16(19-22-15)14-9-20-7-6-17-14;/h4-5,8,14,17H,1-3,6-7,9-10H2;1H. The monoisotopic (exact) mass is 337 g/mol. The summed E-state index contributed by atoms with van der Waals surface area (Å²) < 4.78 is 16.4. The Morgan fingerprint density at radius 1 is 1.26 bits per heavy atom. The van der Waals surface area contributed by atoms with Gasteiger partial charge in [0.1, 0.15) is 5.75 Å². The number of hydrogen-bond acceptors (Lipinski definition) is 6. The number of nitrogens with one attached hydrogen (secondary N) is 1. The fourth-order valence-corrected chi connectivity index (χ4v) is 2.98. The van der Waals surface area contributed by atoms with Crippen LogP contribution in [-0.4, -0.2) is 29.9 Å². The predicted molar refractivity (Wildman–Crippen MR) is 85.9 cm³/mol. The van der Waals surface area contributed by atoms with Gasteiger partial charge in [-0.1, -0.05) is 11.2 Å². The van der Waals surface area contributed by atoms with E-state index in [1.807, 2.05) is 6.07 Å². The van der Waals surface area contributed by atoms with Gasteiger partial charge < -0.3 is 19.3 Å². The maximum Gasteiger partial charge on any atom is 0.264 e. The highest BCUT2D eigenvalue weighted by atomic mass is 35.5. The van der Waals surface area contributed by atoms with Gasteiger partial charge in [0, 0.05) is 6.54 Å². The van der Waals surface area contributed by atoms with Crippen molar-refractivity contribution < 1.29 is 14.0 Å². The second-order valence-corrected chi connectivity index (χ2v) is 5.70. The molecule has 124 valence electrons. The molecule has 1 atom stereocenters. The fourth-order valence-electron chi connectivity index (χ4n) is 2.98. The van der Waals surface area contributed by atoms with Gasteiger partial charge in [-0.2, -0.15) is 4.98 Å². The lowest BCUT2D eigenvalue weighted by molar-refractivity contribution is 0.0734. The number of benzene rings is 1. The van der Waals surface area contributed by atoms with E-state index in [1.165, 1.54) is 24.0 Å². The van der Waals surface area contributed by atoms with Crippen LogP contribution in [0.1, 0.15) is 35.3 Å². The third kappa shape index (κ3) is 3.65. The molecule has 2 aliphatic rings. The van der Waals surface area contributed by atoms with Crippen LogP contribution in [0.15, 0.2) is 22.7 Å². The number of halogens is 1. The molecule has 23 heavy (non-hydrogen) atoms. The Bertz CT molecular complexity index is 656. The van der Waals surface area contributed by atoms with Crippen molar-refractivity contribution in [1.29, 1.82) is 0 Å². The lowest BCUT2D eigenvalue weighted by Crippen LogP contribution is -2.35. The first-order valence-corrected chi connectivity index (χ1v) is 7.77. The van der Waals surface area contributed by atoms with Gasteiger partial charge in [-0.25, -0.2) is 0 Å². The number of ether oxygens (including phenoxy) is 2. The summed E-state index contributed by atoms with van der Waals surface area (Å²) in [4.78, 5) is 4.38. The van der Waals surface area contributed by atoms with Gasteiger partial charge in [-0.15, -0.1) is 12.4 Å². The highest BCUT2D eigenvalue weighted by Gasteiger charge is 2.21. The third-order valence-corrected chi connectivity index (χ3v) is 4.15. The highest BCUT2D eigenvalue weighted by Crippen LogP contribution is 2.26. The molecule has 2 aromatic rings. The maximum atomic E-state index is 5.77. The van der Waals surface area contributed by atoms with E-state index in [0.717, 1.165) is 25.3 Å². The van der Waals surface area contributed by atoms with Crippen LogP contribution in [0.3, 0.4) is 0 Å². The van der Waals surface area contributed by atoms with E-state index in [4.69, 9.17) is 14.0 Å². The molecule has 0 saturated carbocycles. The van der Waals surface area contributed by atoms with Gasteiger partial charge in [-0.3, -0.25) is 0 Å². The van der Waals surface area contributed by atoms with Gasteiger partial charge in [0.2, 0.25) is 0 Å². The Labute approximate surface area is 141 Å². The van der Waals surface area contributed by atoms with Crippen LogP contribution in [-0.2, 0) is 24.2 Å². The van der Waals surface area contributed by atoms with Crippen LogP contribution in [0, 0.1) is 0 Å². The van der Waals surface area contributed by atoms with Crippen molar-refractivity contribution in [3.05, 3.63) is 41.0 Å². The highest BCUT2D eigenvalue weighted by molar-refractivity contribution is 5.85. The van der Waals surface area contributed by atoms with Crippen LogP contribution in [0.5, 0.6) is 5.75 Å². The second-order valence-electron chi connectivity index (χ2n) is 5.70.